The van der Waals surface area contributed by atoms with Crippen LogP contribution in [0.1, 0.15) is 50.3 Å². The van der Waals surface area contributed by atoms with Crippen LogP contribution in [0.4, 0.5) is 0 Å². The highest BCUT2D eigenvalue weighted by Gasteiger charge is 2.20. The summed E-state index contributed by atoms with van der Waals surface area (Å²) >= 11 is 0. The largest absolute Gasteiger partial charge is 0.474 e. The van der Waals surface area contributed by atoms with Gasteiger partial charge in [-0.25, -0.2) is 4.98 Å². The van der Waals surface area contributed by atoms with Gasteiger partial charge in [-0.15, -0.1) is 0 Å². The third-order valence-corrected chi connectivity index (χ3v) is 3.19. The number of ether oxygens (including phenoxy) is 1. The molecule has 0 amide bonds. The molecule has 1 aromatic heterocycles. The van der Waals surface area contributed by atoms with Gasteiger partial charge in [-0.05, 0) is 43.9 Å². The number of rotatable bonds is 5. The molecule has 0 atom stereocenters. The van der Waals surface area contributed by atoms with Crippen molar-refractivity contribution in [3.8, 4) is 5.88 Å². The maximum atomic E-state index is 5.89. The molecule has 17 heavy (non-hydrogen) atoms. The van der Waals surface area contributed by atoms with Crippen molar-refractivity contribution in [2.75, 3.05) is 7.05 Å². The maximum absolute atomic E-state index is 5.89. The predicted molar refractivity (Wildman–Crippen MR) is 69.4 cm³/mol. The van der Waals surface area contributed by atoms with Crippen molar-refractivity contribution in [1.82, 2.24) is 10.3 Å². The SMILES string of the molecule is CNCc1cc(OC2CCC2)nc(C(C)C)c1. The van der Waals surface area contributed by atoms with Gasteiger partial charge in [0.15, 0.2) is 0 Å². The second-order valence-corrected chi connectivity index (χ2v) is 5.09. The minimum absolute atomic E-state index is 0.396. The number of pyridine rings is 1. The molecule has 3 heteroatoms. The monoisotopic (exact) mass is 234 g/mol. The molecular formula is C14H22N2O. The molecule has 0 spiro atoms. The van der Waals surface area contributed by atoms with Gasteiger partial charge in [-0.3, -0.25) is 0 Å². The zero-order valence-corrected chi connectivity index (χ0v) is 11.0. The second kappa shape index (κ2) is 5.50. The first kappa shape index (κ1) is 12.4. The minimum Gasteiger partial charge on any atom is -0.474 e. The summed E-state index contributed by atoms with van der Waals surface area (Å²) in [4.78, 5) is 4.59. The maximum Gasteiger partial charge on any atom is 0.214 e. The summed E-state index contributed by atoms with van der Waals surface area (Å²) in [5.74, 6) is 1.24. The fourth-order valence-electron chi connectivity index (χ4n) is 1.90. The Morgan fingerprint density at radius 1 is 1.41 bits per heavy atom. The Balaban J connectivity index is 2.16. The molecule has 1 N–H and O–H groups in total. The Labute approximate surface area is 104 Å². The summed E-state index contributed by atoms with van der Waals surface area (Å²) in [6.45, 7) is 5.19. The van der Waals surface area contributed by atoms with Gasteiger partial charge in [-0.1, -0.05) is 13.8 Å². The van der Waals surface area contributed by atoms with Crippen LogP contribution >= 0.6 is 0 Å². The summed E-state index contributed by atoms with van der Waals surface area (Å²) < 4.78 is 5.89. The first-order valence-corrected chi connectivity index (χ1v) is 6.51. The number of nitrogens with one attached hydrogen (secondary N) is 1. The first-order chi connectivity index (χ1) is 8.19. The molecule has 1 fully saturated rings. The molecule has 0 aromatic carbocycles. The third-order valence-electron chi connectivity index (χ3n) is 3.19. The van der Waals surface area contributed by atoms with Gasteiger partial charge in [0.05, 0.1) is 0 Å². The molecule has 0 unspecified atom stereocenters. The zero-order valence-electron chi connectivity index (χ0n) is 11.0. The summed E-state index contributed by atoms with van der Waals surface area (Å²) in [6, 6.07) is 4.22. The van der Waals surface area contributed by atoms with Crippen molar-refractivity contribution in [1.29, 1.82) is 0 Å². The van der Waals surface area contributed by atoms with E-state index in [4.69, 9.17) is 4.74 Å². The van der Waals surface area contributed by atoms with E-state index in [1.165, 1.54) is 24.8 Å². The van der Waals surface area contributed by atoms with Crippen molar-refractivity contribution >= 4 is 0 Å². The Kier molecular flexibility index (Phi) is 4.00. The van der Waals surface area contributed by atoms with E-state index in [0.29, 0.717) is 12.0 Å². The average molecular weight is 234 g/mol. The Bertz CT molecular complexity index is 372. The average Bonchev–Trinajstić information content (AvgIpc) is 2.24. The van der Waals surface area contributed by atoms with E-state index in [1.807, 2.05) is 7.05 Å². The number of aromatic nitrogens is 1. The van der Waals surface area contributed by atoms with Crippen LogP contribution in [0.5, 0.6) is 5.88 Å². The molecule has 1 aliphatic rings. The molecular weight excluding hydrogens is 212 g/mol. The van der Waals surface area contributed by atoms with Crippen LogP contribution < -0.4 is 10.1 Å². The molecule has 1 heterocycles. The summed E-state index contributed by atoms with van der Waals surface area (Å²) in [6.07, 6.45) is 4.04. The second-order valence-electron chi connectivity index (χ2n) is 5.09. The molecule has 0 radical (unpaired) electrons. The quantitative estimate of drug-likeness (QED) is 0.850. The lowest BCUT2D eigenvalue weighted by Gasteiger charge is -2.26. The van der Waals surface area contributed by atoms with E-state index in [0.717, 1.165) is 18.1 Å². The lowest BCUT2D eigenvalue weighted by Crippen LogP contribution is -2.25. The molecule has 1 aromatic rings. The van der Waals surface area contributed by atoms with Gasteiger partial charge in [0.25, 0.3) is 0 Å². The van der Waals surface area contributed by atoms with Gasteiger partial charge < -0.3 is 10.1 Å². The Morgan fingerprint density at radius 2 is 2.18 bits per heavy atom. The minimum atomic E-state index is 0.396. The van der Waals surface area contributed by atoms with Gasteiger partial charge >= 0.3 is 0 Å². The van der Waals surface area contributed by atoms with E-state index < -0.39 is 0 Å². The van der Waals surface area contributed by atoms with Gasteiger partial charge in [-0.2, -0.15) is 0 Å². The van der Waals surface area contributed by atoms with Crippen molar-refractivity contribution in [2.24, 2.45) is 0 Å². The molecule has 0 saturated heterocycles. The smallest absolute Gasteiger partial charge is 0.214 e. The van der Waals surface area contributed by atoms with Crippen LogP contribution in [0.25, 0.3) is 0 Å². The van der Waals surface area contributed by atoms with Crippen LogP contribution in [0.2, 0.25) is 0 Å². The first-order valence-electron chi connectivity index (χ1n) is 6.51. The van der Waals surface area contributed by atoms with Crippen molar-refractivity contribution in [3.05, 3.63) is 23.4 Å². The van der Waals surface area contributed by atoms with Crippen LogP contribution in [0.3, 0.4) is 0 Å². The molecule has 3 nitrogen and oxygen atoms in total. The topological polar surface area (TPSA) is 34.1 Å². The van der Waals surface area contributed by atoms with Crippen LogP contribution in [0.15, 0.2) is 12.1 Å². The van der Waals surface area contributed by atoms with E-state index in [1.54, 1.807) is 0 Å². The molecule has 0 bridgehead atoms. The van der Waals surface area contributed by atoms with Gasteiger partial charge in [0, 0.05) is 18.3 Å². The standard InChI is InChI=1S/C14H22N2O/c1-10(2)13-7-11(9-15-3)8-14(16-13)17-12-5-4-6-12/h7-8,10,12,15H,4-6,9H2,1-3H3. The summed E-state index contributed by atoms with van der Waals surface area (Å²) in [7, 11) is 1.96. The van der Waals surface area contributed by atoms with E-state index in [-0.39, 0.29) is 0 Å². The number of nitrogens with zero attached hydrogens (tertiary/aromatic N) is 1. The molecule has 1 saturated carbocycles. The fraction of sp³-hybridized carbons (Fsp3) is 0.643. The van der Waals surface area contributed by atoms with Crippen LogP contribution in [-0.4, -0.2) is 18.1 Å². The normalized spacial score (nSPS) is 16.0. The predicted octanol–water partition coefficient (Wildman–Crippen LogP) is 2.86. The lowest BCUT2D eigenvalue weighted by molar-refractivity contribution is 0.114. The van der Waals surface area contributed by atoms with Gasteiger partial charge in [0.1, 0.15) is 6.10 Å². The molecule has 1 aliphatic carbocycles. The van der Waals surface area contributed by atoms with Crippen LogP contribution in [0, 0.1) is 0 Å². The molecule has 94 valence electrons. The van der Waals surface area contributed by atoms with Gasteiger partial charge in [0.2, 0.25) is 5.88 Å². The van der Waals surface area contributed by atoms with Crippen molar-refractivity contribution < 1.29 is 4.74 Å². The fourth-order valence-corrected chi connectivity index (χ4v) is 1.90. The third kappa shape index (κ3) is 3.19. The van der Waals surface area contributed by atoms with Crippen molar-refractivity contribution in [2.45, 2.75) is 51.7 Å². The Morgan fingerprint density at radius 3 is 2.71 bits per heavy atom. The zero-order chi connectivity index (χ0) is 12.3. The summed E-state index contributed by atoms with van der Waals surface area (Å²) in [5.41, 5.74) is 2.37. The van der Waals surface area contributed by atoms with E-state index in [2.05, 4.69) is 36.3 Å². The van der Waals surface area contributed by atoms with Crippen molar-refractivity contribution in [3.63, 3.8) is 0 Å². The van der Waals surface area contributed by atoms with Crippen LogP contribution in [-0.2, 0) is 6.54 Å². The molecule has 2 rings (SSSR count). The Hall–Kier alpha value is -1.09. The van der Waals surface area contributed by atoms with E-state index >= 15 is 0 Å². The molecule has 0 aliphatic heterocycles. The highest BCUT2D eigenvalue weighted by molar-refractivity contribution is 5.27. The summed E-state index contributed by atoms with van der Waals surface area (Å²) in [5, 5.41) is 3.18. The number of hydrogen-bond donors (Lipinski definition) is 1. The van der Waals surface area contributed by atoms with E-state index in [9.17, 15) is 0 Å². The highest BCUT2D eigenvalue weighted by Crippen LogP contribution is 2.26. The number of hydrogen-bond acceptors (Lipinski definition) is 3. The lowest BCUT2D eigenvalue weighted by atomic mass is 9.96. The highest BCUT2D eigenvalue weighted by atomic mass is 16.5.